The van der Waals surface area contributed by atoms with Crippen LogP contribution in [0, 0.1) is 11.3 Å². The fourth-order valence-electron chi connectivity index (χ4n) is 3.76. The van der Waals surface area contributed by atoms with Crippen LogP contribution in [0.4, 0.5) is 0 Å². The molecule has 0 aromatic rings. The van der Waals surface area contributed by atoms with Crippen LogP contribution < -0.4 is 0 Å². The molecule has 106 valence electrons. The van der Waals surface area contributed by atoms with Gasteiger partial charge in [-0.05, 0) is 43.6 Å². The molecule has 2 fully saturated rings. The number of hydrogen-bond donors (Lipinski definition) is 2. The van der Waals surface area contributed by atoms with Crippen LogP contribution in [0.15, 0.2) is 0 Å². The molecule has 18 heavy (non-hydrogen) atoms. The molecule has 2 rings (SSSR count). The first kappa shape index (κ1) is 14.3. The fourth-order valence-corrected chi connectivity index (χ4v) is 3.76. The Kier molecular flexibility index (Phi) is 4.68. The maximum atomic E-state index is 10.5. The summed E-state index contributed by atoms with van der Waals surface area (Å²) in [4.78, 5) is 2.42. The monoisotopic (exact) mass is 255 g/mol. The maximum Gasteiger partial charge on any atom is 0.0631 e. The molecule has 2 N–H and O–H groups in total. The second kappa shape index (κ2) is 5.89. The van der Waals surface area contributed by atoms with Crippen LogP contribution in [0.3, 0.4) is 0 Å². The lowest BCUT2D eigenvalue weighted by Crippen LogP contribution is -2.49. The Morgan fingerprint density at radius 1 is 1.17 bits per heavy atom. The Morgan fingerprint density at radius 2 is 1.94 bits per heavy atom. The van der Waals surface area contributed by atoms with E-state index in [4.69, 9.17) is 0 Å². The predicted molar refractivity (Wildman–Crippen MR) is 73.4 cm³/mol. The van der Waals surface area contributed by atoms with Gasteiger partial charge in [0, 0.05) is 12.6 Å². The number of nitrogens with zero attached hydrogens (tertiary/aromatic N) is 1. The molecule has 3 atom stereocenters. The third kappa shape index (κ3) is 3.06. The SMILES string of the molecule is CC1(C)CCCC(CN2CCCCC2CO)C1O. The van der Waals surface area contributed by atoms with Gasteiger partial charge in [-0.2, -0.15) is 0 Å². The van der Waals surface area contributed by atoms with Crippen molar-refractivity contribution in [1.82, 2.24) is 4.90 Å². The van der Waals surface area contributed by atoms with E-state index >= 15 is 0 Å². The fraction of sp³-hybridized carbons (Fsp3) is 1.00. The van der Waals surface area contributed by atoms with Crippen LogP contribution in [0.25, 0.3) is 0 Å². The number of aliphatic hydroxyl groups excluding tert-OH is 2. The largest absolute Gasteiger partial charge is 0.395 e. The summed E-state index contributed by atoms with van der Waals surface area (Å²) in [7, 11) is 0. The molecule has 1 saturated carbocycles. The summed E-state index contributed by atoms with van der Waals surface area (Å²) in [6.07, 6.45) is 6.90. The summed E-state index contributed by atoms with van der Waals surface area (Å²) in [5.41, 5.74) is 0.0629. The van der Waals surface area contributed by atoms with Crippen LogP contribution in [-0.2, 0) is 0 Å². The van der Waals surface area contributed by atoms with Gasteiger partial charge in [-0.15, -0.1) is 0 Å². The molecule has 0 aromatic heterocycles. The van der Waals surface area contributed by atoms with Crippen molar-refractivity contribution >= 4 is 0 Å². The summed E-state index contributed by atoms with van der Waals surface area (Å²) < 4.78 is 0. The first-order chi connectivity index (χ1) is 8.54. The van der Waals surface area contributed by atoms with Crippen molar-refractivity contribution in [1.29, 1.82) is 0 Å². The molecule has 0 bridgehead atoms. The predicted octanol–water partition coefficient (Wildman–Crippen LogP) is 2.02. The first-order valence-corrected chi connectivity index (χ1v) is 7.57. The Bertz CT molecular complexity index is 267. The average molecular weight is 255 g/mol. The molecule has 0 radical (unpaired) electrons. The van der Waals surface area contributed by atoms with Gasteiger partial charge in [0.2, 0.25) is 0 Å². The molecule has 3 unspecified atom stereocenters. The van der Waals surface area contributed by atoms with Gasteiger partial charge in [-0.3, -0.25) is 4.90 Å². The van der Waals surface area contributed by atoms with E-state index < -0.39 is 0 Å². The summed E-state index contributed by atoms with van der Waals surface area (Å²) >= 11 is 0. The highest BCUT2D eigenvalue weighted by Gasteiger charge is 2.39. The van der Waals surface area contributed by atoms with E-state index in [1.54, 1.807) is 0 Å². The van der Waals surface area contributed by atoms with E-state index in [-0.39, 0.29) is 18.1 Å². The summed E-state index contributed by atoms with van der Waals surface area (Å²) in [6, 6.07) is 0.330. The van der Waals surface area contributed by atoms with Crippen molar-refractivity contribution in [3.63, 3.8) is 0 Å². The Labute approximate surface area is 111 Å². The van der Waals surface area contributed by atoms with Crippen LogP contribution in [-0.4, -0.2) is 47.0 Å². The van der Waals surface area contributed by atoms with Gasteiger partial charge in [0.1, 0.15) is 0 Å². The molecule has 3 heteroatoms. The number of piperidine rings is 1. The van der Waals surface area contributed by atoms with Gasteiger partial charge in [0.05, 0.1) is 12.7 Å². The Balaban J connectivity index is 1.95. The third-order valence-electron chi connectivity index (χ3n) is 5.07. The smallest absolute Gasteiger partial charge is 0.0631 e. The molecule has 1 aliphatic heterocycles. The molecule has 0 aromatic carbocycles. The van der Waals surface area contributed by atoms with E-state index in [9.17, 15) is 10.2 Å². The summed E-state index contributed by atoms with van der Waals surface area (Å²) in [6.45, 7) is 6.70. The zero-order valence-electron chi connectivity index (χ0n) is 11.9. The van der Waals surface area contributed by atoms with Gasteiger partial charge in [-0.1, -0.05) is 26.7 Å². The number of rotatable bonds is 3. The zero-order chi connectivity index (χ0) is 13.2. The Hall–Kier alpha value is -0.120. The first-order valence-electron chi connectivity index (χ1n) is 7.57. The minimum Gasteiger partial charge on any atom is -0.395 e. The molecule has 3 nitrogen and oxygen atoms in total. The van der Waals surface area contributed by atoms with Crippen molar-refractivity contribution in [2.75, 3.05) is 19.7 Å². The molecule has 1 aliphatic carbocycles. The minimum absolute atomic E-state index is 0.0629. The molecule has 2 aliphatic rings. The van der Waals surface area contributed by atoms with Crippen molar-refractivity contribution in [3.05, 3.63) is 0 Å². The average Bonchev–Trinajstić information content (AvgIpc) is 2.35. The molecule has 0 spiro atoms. The van der Waals surface area contributed by atoms with Crippen LogP contribution >= 0.6 is 0 Å². The van der Waals surface area contributed by atoms with E-state index in [1.807, 2.05) is 0 Å². The summed E-state index contributed by atoms with van der Waals surface area (Å²) in [5, 5.41) is 20.0. The molecule has 1 saturated heterocycles. The topological polar surface area (TPSA) is 43.7 Å². The lowest BCUT2D eigenvalue weighted by atomic mass is 9.69. The highest BCUT2D eigenvalue weighted by molar-refractivity contribution is 4.90. The van der Waals surface area contributed by atoms with Gasteiger partial charge < -0.3 is 10.2 Å². The van der Waals surface area contributed by atoms with E-state index in [1.165, 1.54) is 19.3 Å². The van der Waals surface area contributed by atoms with Crippen LogP contribution in [0.2, 0.25) is 0 Å². The minimum atomic E-state index is -0.187. The van der Waals surface area contributed by atoms with Crippen molar-refractivity contribution in [2.45, 2.75) is 64.5 Å². The second-order valence-corrected chi connectivity index (χ2v) is 6.91. The van der Waals surface area contributed by atoms with Gasteiger partial charge in [0.15, 0.2) is 0 Å². The molecule has 0 amide bonds. The Morgan fingerprint density at radius 3 is 2.67 bits per heavy atom. The highest BCUT2D eigenvalue weighted by atomic mass is 16.3. The van der Waals surface area contributed by atoms with Crippen molar-refractivity contribution in [2.24, 2.45) is 11.3 Å². The lowest BCUT2D eigenvalue weighted by Gasteiger charge is -2.44. The van der Waals surface area contributed by atoms with Crippen molar-refractivity contribution in [3.8, 4) is 0 Å². The van der Waals surface area contributed by atoms with Crippen molar-refractivity contribution < 1.29 is 10.2 Å². The molecular weight excluding hydrogens is 226 g/mol. The van der Waals surface area contributed by atoms with Crippen LogP contribution in [0.1, 0.15) is 52.4 Å². The standard InChI is InChI=1S/C15H29NO2/c1-15(2)8-5-6-12(14(15)18)10-16-9-4-3-7-13(16)11-17/h12-14,17-18H,3-11H2,1-2H3. The zero-order valence-corrected chi connectivity index (χ0v) is 11.9. The molecular formula is C15H29NO2. The quantitative estimate of drug-likeness (QED) is 0.811. The van der Waals surface area contributed by atoms with E-state index in [0.29, 0.717) is 12.0 Å². The third-order valence-corrected chi connectivity index (χ3v) is 5.07. The number of likely N-dealkylation sites (tertiary alicyclic amines) is 1. The summed E-state index contributed by atoms with van der Waals surface area (Å²) in [5.74, 6) is 0.390. The van der Waals surface area contributed by atoms with E-state index in [0.717, 1.165) is 32.4 Å². The maximum absolute atomic E-state index is 10.5. The number of hydrogen-bond acceptors (Lipinski definition) is 3. The second-order valence-electron chi connectivity index (χ2n) is 6.91. The van der Waals surface area contributed by atoms with Crippen LogP contribution in [0.5, 0.6) is 0 Å². The van der Waals surface area contributed by atoms with Gasteiger partial charge >= 0.3 is 0 Å². The normalized spacial score (nSPS) is 37.7. The lowest BCUT2D eigenvalue weighted by molar-refractivity contribution is -0.0525. The van der Waals surface area contributed by atoms with Gasteiger partial charge in [0.25, 0.3) is 0 Å². The highest BCUT2D eigenvalue weighted by Crippen LogP contribution is 2.39. The molecule has 1 heterocycles. The number of aliphatic hydroxyl groups is 2. The van der Waals surface area contributed by atoms with Gasteiger partial charge in [-0.25, -0.2) is 0 Å². The van der Waals surface area contributed by atoms with E-state index in [2.05, 4.69) is 18.7 Å².